The van der Waals surface area contributed by atoms with E-state index in [0.29, 0.717) is 19.3 Å². The number of ether oxygens (including phenoxy) is 3. The third kappa shape index (κ3) is 57.4. The number of esters is 3. The van der Waals surface area contributed by atoms with Gasteiger partial charge in [-0.1, -0.05) is 279 Å². The number of carbonyl (C=O) groups excluding carboxylic acids is 3. The van der Waals surface area contributed by atoms with Gasteiger partial charge in [-0.2, -0.15) is 0 Å². The maximum Gasteiger partial charge on any atom is 0.306 e. The van der Waals surface area contributed by atoms with Gasteiger partial charge in [-0.3, -0.25) is 14.4 Å². The zero-order valence-electron chi connectivity index (χ0n) is 46.7. The largest absolute Gasteiger partial charge is 0.462 e. The third-order valence-electron chi connectivity index (χ3n) is 12.9. The molecule has 0 aliphatic rings. The van der Waals surface area contributed by atoms with Gasteiger partial charge < -0.3 is 14.2 Å². The van der Waals surface area contributed by atoms with Crippen molar-refractivity contribution in [3.63, 3.8) is 0 Å². The van der Waals surface area contributed by atoms with Gasteiger partial charge in [0.1, 0.15) is 13.2 Å². The van der Waals surface area contributed by atoms with Crippen LogP contribution in [0.15, 0.2) is 85.1 Å². The molecule has 1 atom stereocenters. The van der Waals surface area contributed by atoms with E-state index in [1.54, 1.807) is 0 Å². The fourth-order valence-corrected chi connectivity index (χ4v) is 8.42. The van der Waals surface area contributed by atoms with Crippen molar-refractivity contribution in [1.29, 1.82) is 0 Å². The fourth-order valence-electron chi connectivity index (χ4n) is 8.42. The van der Waals surface area contributed by atoms with E-state index >= 15 is 0 Å². The molecule has 0 aromatic heterocycles. The first-order valence-corrected chi connectivity index (χ1v) is 30.1. The standard InChI is InChI=1S/C65H112O6/c1-4-7-10-13-16-18-20-22-24-26-28-30-31-32-33-35-36-38-40-42-44-46-49-52-55-58-64(67)70-61-62(60-69-63(66)57-54-51-48-15-12-9-6-3)71-65(68)59-56-53-50-47-45-43-41-39-37-34-29-27-25-23-21-19-17-14-11-8-5-2/h7,10,16,18,22,24,28,30,32-33,36,38,42,44,62H,4-6,8-9,11-15,17,19-21,23,25-27,29,31,34-35,37,39-41,43,45-61H2,1-3H3/b10-7-,18-16-,24-22-,30-28-,33-32-,38-36-,44-42-. The molecule has 0 radical (unpaired) electrons. The summed E-state index contributed by atoms with van der Waals surface area (Å²) in [6.45, 7) is 6.48. The van der Waals surface area contributed by atoms with E-state index < -0.39 is 6.10 Å². The molecule has 0 saturated heterocycles. The molecule has 0 spiro atoms. The van der Waals surface area contributed by atoms with E-state index in [9.17, 15) is 14.4 Å². The molecular formula is C65H112O6. The van der Waals surface area contributed by atoms with Crippen LogP contribution in [0.5, 0.6) is 0 Å². The Morgan fingerprint density at radius 1 is 0.296 bits per heavy atom. The van der Waals surface area contributed by atoms with Crippen LogP contribution in [0.3, 0.4) is 0 Å². The Bertz CT molecular complexity index is 1370. The number of allylic oxidation sites excluding steroid dienone is 14. The molecule has 6 nitrogen and oxygen atoms in total. The number of hydrogen-bond donors (Lipinski definition) is 0. The lowest BCUT2D eigenvalue weighted by Gasteiger charge is -2.18. The molecule has 0 amide bonds. The van der Waals surface area contributed by atoms with Crippen molar-refractivity contribution in [1.82, 2.24) is 0 Å². The van der Waals surface area contributed by atoms with Crippen molar-refractivity contribution < 1.29 is 28.6 Å². The summed E-state index contributed by atoms with van der Waals surface area (Å²) in [5, 5.41) is 0. The van der Waals surface area contributed by atoms with Crippen molar-refractivity contribution in [2.75, 3.05) is 13.2 Å². The van der Waals surface area contributed by atoms with Crippen LogP contribution < -0.4 is 0 Å². The zero-order chi connectivity index (χ0) is 51.4. The second-order valence-electron chi connectivity index (χ2n) is 19.9. The number of hydrogen-bond acceptors (Lipinski definition) is 6. The first-order chi connectivity index (χ1) is 35.0. The number of carbonyl (C=O) groups is 3. The quantitative estimate of drug-likeness (QED) is 0.0261. The molecule has 1 unspecified atom stereocenters. The van der Waals surface area contributed by atoms with Crippen molar-refractivity contribution in [3.05, 3.63) is 85.1 Å². The molecule has 0 saturated carbocycles. The minimum absolute atomic E-state index is 0.0848. The lowest BCUT2D eigenvalue weighted by Crippen LogP contribution is -2.30. The monoisotopic (exact) mass is 989 g/mol. The van der Waals surface area contributed by atoms with Crippen LogP contribution in [0.1, 0.15) is 290 Å². The van der Waals surface area contributed by atoms with Gasteiger partial charge in [0.05, 0.1) is 0 Å². The normalized spacial score (nSPS) is 12.7. The summed E-state index contributed by atoms with van der Waals surface area (Å²) in [4.78, 5) is 38.0. The van der Waals surface area contributed by atoms with Crippen molar-refractivity contribution in [3.8, 4) is 0 Å². The second-order valence-corrected chi connectivity index (χ2v) is 19.9. The predicted molar refractivity (Wildman–Crippen MR) is 307 cm³/mol. The number of unbranched alkanes of at least 4 members (excludes halogenated alkanes) is 29. The zero-order valence-corrected chi connectivity index (χ0v) is 46.7. The molecule has 0 aromatic carbocycles. The summed E-state index contributed by atoms with van der Waals surface area (Å²) in [5.74, 6) is -0.916. The van der Waals surface area contributed by atoms with Gasteiger partial charge in [0.15, 0.2) is 6.10 Å². The summed E-state index contributed by atoms with van der Waals surface area (Å²) in [6.07, 6.45) is 77.5. The smallest absolute Gasteiger partial charge is 0.306 e. The Kier molecular flexibility index (Phi) is 56.3. The van der Waals surface area contributed by atoms with Gasteiger partial charge in [0, 0.05) is 19.3 Å². The summed E-state index contributed by atoms with van der Waals surface area (Å²) in [6, 6.07) is 0. The molecule has 6 heteroatoms. The van der Waals surface area contributed by atoms with E-state index in [0.717, 1.165) is 109 Å². The SMILES string of the molecule is CC/C=C\C/C=C\C/C=C\C/C=C\C/C=C\C/C=C\C/C=C\CCCCCC(=O)OCC(COC(=O)CCCCCCCCC)OC(=O)CCCCCCCCCCCCCCCCCCCCCCC. The second kappa shape index (κ2) is 59.2. The van der Waals surface area contributed by atoms with Gasteiger partial charge in [-0.15, -0.1) is 0 Å². The molecule has 0 bridgehead atoms. The average molecular weight is 990 g/mol. The van der Waals surface area contributed by atoms with Crippen LogP contribution in [-0.2, 0) is 28.6 Å². The summed E-state index contributed by atoms with van der Waals surface area (Å²) in [5.41, 5.74) is 0. The van der Waals surface area contributed by atoms with Gasteiger partial charge in [0.2, 0.25) is 0 Å². The Labute approximate surface area is 439 Å². The van der Waals surface area contributed by atoms with Gasteiger partial charge in [-0.25, -0.2) is 0 Å². The highest BCUT2D eigenvalue weighted by Gasteiger charge is 2.19. The first kappa shape index (κ1) is 67.6. The molecule has 0 rings (SSSR count). The van der Waals surface area contributed by atoms with Crippen molar-refractivity contribution >= 4 is 17.9 Å². The minimum Gasteiger partial charge on any atom is -0.462 e. The van der Waals surface area contributed by atoms with Crippen LogP contribution in [0, 0.1) is 0 Å². The van der Waals surface area contributed by atoms with E-state index in [2.05, 4.69) is 106 Å². The summed E-state index contributed by atoms with van der Waals surface area (Å²) in [7, 11) is 0. The average Bonchev–Trinajstić information content (AvgIpc) is 3.37. The summed E-state index contributed by atoms with van der Waals surface area (Å²) < 4.78 is 16.8. The van der Waals surface area contributed by atoms with Crippen LogP contribution in [-0.4, -0.2) is 37.2 Å². The van der Waals surface area contributed by atoms with Crippen LogP contribution in [0.4, 0.5) is 0 Å². The van der Waals surface area contributed by atoms with Crippen molar-refractivity contribution in [2.45, 2.75) is 297 Å². The first-order valence-electron chi connectivity index (χ1n) is 30.1. The predicted octanol–water partition coefficient (Wildman–Crippen LogP) is 20.3. The van der Waals surface area contributed by atoms with Gasteiger partial charge >= 0.3 is 17.9 Å². The van der Waals surface area contributed by atoms with E-state index in [1.165, 1.54) is 141 Å². The Balaban J connectivity index is 4.24. The highest BCUT2D eigenvalue weighted by atomic mass is 16.6. The highest BCUT2D eigenvalue weighted by Crippen LogP contribution is 2.16. The lowest BCUT2D eigenvalue weighted by atomic mass is 10.0. The molecule has 0 fully saturated rings. The van der Waals surface area contributed by atoms with Gasteiger partial charge in [0.25, 0.3) is 0 Å². The maximum absolute atomic E-state index is 12.8. The Morgan fingerprint density at radius 2 is 0.549 bits per heavy atom. The topological polar surface area (TPSA) is 78.9 Å². The third-order valence-corrected chi connectivity index (χ3v) is 12.9. The van der Waals surface area contributed by atoms with E-state index in [4.69, 9.17) is 14.2 Å². The molecule has 71 heavy (non-hydrogen) atoms. The highest BCUT2D eigenvalue weighted by molar-refractivity contribution is 5.71. The lowest BCUT2D eigenvalue weighted by molar-refractivity contribution is -0.167. The molecule has 0 aliphatic carbocycles. The van der Waals surface area contributed by atoms with Crippen LogP contribution in [0.2, 0.25) is 0 Å². The Hall–Kier alpha value is -3.41. The molecule has 0 aromatic rings. The summed E-state index contributed by atoms with van der Waals surface area (Å²) >= 11 is 0. The molecule has 408 valence electrons. The number of rotatable bonds is 54. The molecular weight excluding hydrogens is 877 g/mol. The van der Waals surface area contributed by atoms with E-state index in [1.807, 2.05) is 0 Å². The minimum atomic E-state index is -0.786. The molecule has 0 aliphatic heterocycles. The van der Waals surface area contributed by atoms with E-state index in [-0.39, 0.29) is 31.1 Å². The molecule has 0 N–H and O–H groups in total. The maximum atomic E-state index is 12.8. The molecule has 0 heterocycles. The fraction of sp³-hybridized carbons (Fsp3) is 0.738. The van der Waals surface area contributed by atoms with Gasteiger partial charge in [-0.05, 0) is 77.0 Å². The van der Waals surface area contributed by atoms with Crippen LogP contribution >= 0.6 is 0 Å². The van der Waals surface area contributed by atoms with Crippen molar-refractivity contribution in [2.24, 2.45) is 0 Å². The van der Waals surface area contributed by atoms with Crippen LogP contribution in [0.25, 0.3) is 0 Å². The Morgan fingerprint density at radius 3 is 0.859 bits per heavy atom.